The highest BCUT2D eigenvalue weighted by Crippen LogP contribution is 2.14. The Morgan fingerprint density at radius 2 is 1.40 bits per heavy atom. The number of carbonyl (C=O) groups is 2. The van der Waals surface area contributed by atoms with Crippen molar-refractivity contribution in [3.8, 4) is 5.75 Å². The van der Waals surface area contributed by atoms with Crippen LogP contribution in [0.5, 0.6) is 5.75 Å². The number of ether oxygens (including phenoxy) is 2. The predicted octanol–water partition coefficient (Wildman–Crippen LogP) is 7.39. The van der Waals surface area contributed by atoms with Crippen molar-refractivity contribution in [1.29, 1.82) is 0 Å². The number of methoxy groups -OCH3 is 1. The zero-order valence-electron chi connectivity index (χ0n) is 21.0. The summed E-state index contributed by atoms with van der Waals surface area (Å²) in [5.41, 5.74) is 2.42. The van der Waals surface area contributed by atoms with Gasteiger partial charge in [0.2, 0.25) is 0 Å². The summed E-state index contributed by atoms with van der Waals surface area (Å²) in [5.74, 6) is 1.08. The first-order valence-corrected chi connectivity index (χ1v) is 12.2. The predicted molar refractivity (Wildman–Crippen MR) is 143 cm³/mol. The fourth-order valence-electron chi connectivity index (χ4n) is 3.37. The number of carbonyl (C=O) groups excluding carboxylic acids is 2. The number of hydrogen-bond donors (Lipinski definition) is 0. The van der Waals surface area contributed by atoms with Crippen LogP contribution in [0.25, 0.3) is 6.08 Å². The molecule has 3 rings (SSSR count). The van der Waals surface area contributed by atoms with E-state index in [1.807, 2.05) is 84.9 Å². The quantitative estimate of drug-likeness (QED) is 0.166. The lowest BCUT2D eigenvalue weighted by atomic mass is 10.0. The van der Waals surface area contributed by atoms with Crippen molar-refractivity contribution >= 4 is 17.8 Å². The first-order chi connectivity index (χ1) is 17.1. The number of ketones is 1. The second-order valence-corrected chi connectivity index (χ2v) is 8.21. The Morgan fingerprint density at radius 1 is 0.829 bits per heavy atom. The SMILES string of the molecule is CCCCC(CC)COC(=O)C=Cc1ccc(OC)cc1.O=C(c1ccccc1)c1ccccc1. The monoisotopic (exact) mass is 472 g/mol. The molecule has 0 heterocycles. The van der Waals surface area contributed by atoms with Gasteiger partial charge < -0.3 is 9.47 Å². The summed E-state index contributed by atoms with van der Waals surface area (Å²) < 4.78 is 10.4. The molecule has 0 N–H and O–H groups in total. The summed E-state index contributed by atoms with van der Waals surface area (Å²) in [6, 6.07) is 26.1. The highest BCUT2D eigenvalue weighted by molar-refractivity contribution is 6.08. The first-order valence-electron chi connectivity index (χ1n) is 12.2. The Hall–Kier alpha value is -3.66. The third kappa shape index (κ3) is 10.4. The summed E-state index contributed by atoms with van der Waals surface area (Å²) in [6.07, 6.45) is 7.79. The summed E-state index contributed by atoms with van der Waals surface area (Å²) in [6.45, 7) is 4.83. The van der Waals surface area contributed by atoms with Gasteiger partial charge in [-0.3, -0.25) is 4.79 Å². The molecular weight excluding hydrogens is 436 g/mol. The van der Waals surface area contributed by atoms with Gasteiger partial charge in [-0.15, -0.1) is 0 Å². The fraction of sp³-hybridized carbons (Fsp3) is 0.290. The van der Waals surface area contributed by atoms with Gasteiger partial charge in [-0.25, -0.2) is 4.79 Å². The lowest BCUT2D eigenvalue weighted by molar-refractivity contribution is -0.139. The largest absolute Gasteiger partial charge is 0.497 e. The highest BCUT2D eigenvalue weighted by atomic mass is 16.5. The van der Waals surface area contributed by atoms with E-state index in [1.165, 1.54) is 18.9 Å². The van der Waals surface area contributed by atoms with E-state index in [1.54, 1.807) is 13.2 Å². The molecule has 0 fully saturated rings. The van der Waals surface area contributed by atoms with Crippen molar-refractivity contribution in [3.05, 3.63) is 108 Å². The van der Waals surface area contributed by atoms with E-state index >= 15 is 0 Å². The van der Waals surface area contributed by atoms with Crippen LogP contribution in [0.2, 0.25) is 0 Å². The zero-order chi connectivity index (χ0) is 25.3. The number of benzene rings is 3. The molecule has 0 spiro atoms. The smallest absolute Gasteiger partial charge is 0.330 e. The highest BCUT2D eigenvalue weighted by Gasteiger charge is 2.08. The van der Waals surface area contributed by atoms with E-state index in [2.05, 4.69) is 13.8 Å². The molecule has 1 unspecified atom stereocenters. The molecule has 4 nitrogen and oxygen atoms in total. The van der Waals surface area contributed by atoms with Gasteiger partial charge in [0.05, 0.1) is 13.7 Å². The van der Waals surface area contributed by atoms with Crippen molar-refractivity contribution in [3.63, 3.8) is 0 Å². The average molecular weight is 473 g/mol. The van der Waals surface area contributed by atoms with Gasteiger partial charge >= 0.3 is 5.97 Å². The second kappa shape index (κ2) is 16.0. The molecule has 0 saturated carbocycles. The molecule has 0 bridgehead atoms. The molecule has 0 saturated heterocycles. The molecule has 0 aromatic heterocycles. The number of esters is 1. The van der Waals surface area contributed by atoms with Crippen molar-refractivity contribution in [2.45, 2.75) is 39.5 Å². The third-order valence-corrected chi connectivity index (χ3v) is 5.60. The Morgan fingerprint density at radius 3 is 1.89 bits per heavy atom. The van der Waals surface area contributed by atoms with Crippen LogP contribution in [0.4, 0.5) is 0 Å². The molecule has 0 aliphatic carbocycles. The Kier molecular flexibility index (Phi) is 12.6. The molecule has 0 amide bonds. The molecular formula is C31H36O4. The van der Waals surface area contributed by atoms with Crippen LogP contribution in [0.15, 0.2) is 91.0 Å². The Labute approximate surface area is 209 Å². The summed E-state index contributed by atoms with van der Waals surface area (Å²) >= 11 is 0. The van der Waals surface area contributed by atoms with Crippen LogP contribution >= 0.6 is 0 Å². The fourth-order valence-corrected chi connectivity index (χ4v) is 3.37. The molecule has 3 aromatic carbocycles. The normalized spacial score (nSPS) is 11.3. The zero-order valence-corrected chi connectivity index (χ0v) is 21.0. The van der Waals surface area contributed by atoms with Crippen LogP contribution in [0, 0.1) is 5.92 Å². The molecule has 1 atom stereocenters. The summed E-state index contributed by atoms with van der Waals surface area (Å²) in [7, 11) is 1.63. The second-order valence-electron chi connectivity index (χ2n) is 8.21. The molecule has 3 aromatic rings. The van der Waals surface area contributed by atoms with Crippen molar-refractivity contribution in [2.75, 3.05) is 13.7 Å². The van der Waals surface area contributed by atoms with Crippen molar-refractivity contribution in [2.24, 2.45) is 5.92 Å². The minimum atomic E-state index is -0.277. The van der Waals surface area contributed by atoms with Crippen LogP contribution in [0.3, 0.4) is 0 Å². The minimum Gasteiger partial charge on any atom is -0.497 e. The van der Waals surface area contributed by atoms with Gasteiger partial charge in [-0.2, -0.15) is 0 Å². The van der Waals surface area contributed by atoms with E-state index < -0.39 is 0 Å². The number of hydrogen-bond acceptors (Lipinski definition) is 4. The Bertz CT molecular complexity index is 983. The maximum absolute atomic E-state index is 11.8. The van der Waals surface area contributed by atoms with Gasteiger partial charge in [0.15, 0.2) is 5.78 Å². The lowest BCUT2D eigenvalue weighted by Gasteiger charge is -2.13. The number of rotatable bonds is 11. The Balaban J connectivity index is 0.000000266. The standard InChI is InChI=1S/C18H26O3.C13H10O/c1-4-6-7-15(5-2)14-21-18(19)13-10-16-8-11-17(20-3)12-9-16;14-13(11-7-3-1-4-8-11)12-9-5-2-6-10-12/h8-13,15H,4-7,14H2,1-3H3;1-10H. The van der Waals surface area contributed by atoms with Gasteiger partial charge in [-0.1, -0.05) is 106 Å². The van der Waals surface area contributed by atoms with Crippen LogP contribution in [0.1, 0.15) is 61.0 Å². The van der Waals surface area contributed by atoms with Crippen LogP contribution in [-0.4, -0.2) is 25.5 Å². The molecule has 0 radical (unpaired) electrons. The minimum absolute atomic E-state index is 0.0752. The van der Waals surface area contributed by atoms with Crippen molar-refractivity contribution in [1.82, 2.24) is 0 Å². The maximum Gasteiger partial charge on any atom is 0.330 e. The van der Waals surface area contributed by atoms with E-state index in [0.29, 0.717) is 12.5 Å². The molecule has 35 heavy (non-hydrogen) atoms. The molecule has 0 aliphatic heterocycles. The average Bonchev–Trinajstić information content (AvgIpc) is 2.93. The first kappa shape index (κ1) is 27.6. The van der Waals surface area contributed by atoms with E-state index in [0.717, 1.165) is 35.3 Å². The summed E-state index contributed by atoms with van der Waals surface area (Å²) in [5, 5.41) is 0. The molecule has 4 heteroatoms. The number of unbranched alkanes of at least 4 members (excludes halogenated alkanes) is 1. The van der Waals surface area contributed by atoms with Crippen LogP contribution < -0.4 is 4.74 Å². The summed E-state index contributed by atoms with van der Waals surface area (Å²) in [4.78, 5) is 23.5. The van der Waals surface area contributed by atoms with E-state index in [4.69, 9.17) is 9.47 Å². The van der Waals surface area contributed by atoms with Crippen LogP contribution in [-0.2, 0) is 9.53 Å². The topological polar surface area (TPSA) is 52.6 Å². The van der Waals surface area contributed by atoms with E-state index in [-0.39, 0.29) is 11.8 Å². The molecule has 0 aliphatic rings. The maximum atomic E-state index is 11.8. The van der Waals surface area contributed by atoms with Crippen molar-refractivity contribution < 1.29 is 19.1 Å². The van der Waals surface area contributed by atoms with E-state index in [9.17, 15) is 9.59 Å². The van der Waals surface area contributed by atoms with Gasteiger partial charge in [-0.05, 0) is 36.1 Å². The lowest BCUT2D eigenvalue weighted by Crippen LogP contribution is -2.12. The molecule has 184 valence electrons. The van der Waals surface area contributed by atoms with Gasteiger partial charge in [0.1, 0.15) is 5.75 Å². The van der Waals surface area contributed by atoms with Gasteiger partial charge in [0, 0.05) is 17.2 Å². The third-order valence-electron chi connectivity index (χ3n) is 5.60. The van der Waals surface area contributed by atoms with Gasteiger partial charge in [0.25, 0.3) is 0 Å².